The van der Waals surface area contributed by atoms with Crippen LogP contribution < -0.4 is 0 Å². The van der Waals surface area contributed by atoms with E-state index >= 15 is 0 Å². The molecule has 0 aliphatic carbocycles. The molecular weight excluding hydrogens is 1020 g/mol. The molecule has 6 nitrogen and oxygen atoms in total. The molecule has 0 atom stereocenters. The van der Waals surface area contributed by atoms with E-state index in [1.54, 1.807) is 0 Å². The minimum atomic E-state index is 0.627. The average molecular weight is 1070 g/mol. The lowest BCUT2D eigenvalue weighted by molar-refractivity contribution is 1.18. The number of aromatic nitrogens is 6. The molecule has 4 heterocycles. The largest absolute Gasteiger partial charge is 0.256 e. The molecule has 84 heavy (non-hydrogen) atoms. The van der Waals surface area contributed by atoms with Gasteiger partial charge in [-0.1, -0.05) is 243 Å². The van der Waals surface area contributed by atoms with Gasteiger partial charge >= 0.3 is 0 Å². The lowest BCUT2D eigenvalue weighted by Gasteiger charge is -2.18. The number of hydrogen-bond acceptors (Lipinski definition) is 6. The molecule has 6 heteroatoms. The second kappa shape index (κ2) is 20.3. The Morgan fingerprint density at radius 3 is 0.833 bits per heavy atom. The maximum atomic E-state index is 5.49. The fourth-order valence-electron chi connectivity index (χ4n) is 12.4. The number of pyridine rings is 2. The normalized spacial score (nSPS) is 11.6. The van der Waals surface area contributed by atoms with Gasteiger partial charge in [-0.2, -0.15) is 0 Å². The van der Waals surface area contributed by atoms with E-state index < -0.39 is 0 Å². The Morgan fingerprint density at radius 2 is 0.476 bits per heavy atom. The third-order valence-electron chi connectivity index (χ3n) is 16.3. The minimum Gasteiger partial charge on any atom is -0.256 e. The minimum absolute atomic E-state index is 0.627. The Bertz CT molecular complexity index is 4790. The van der Waals surface area contributed by atoms with Gasteiger partial charge in [0.2, 0.25) is 0 Å². The molecule has 390 valence electrons. The van der Waals surface area contributed by atoms with Crippen LogP contribution in [0.15, 0.2) is 291 Å². The summed E-state index contributed by atoms with van der Waals surface area (Å²) in [5.41, 5.74) is 17.8. The number of rotatable bonds is 9. The number of fused-ring (bicyclic) bond motifs is 6. The molecule has 0 amide bonds. The van der Waals surface area contributed by atoms with Gasteiger partial charge < -0.3 is 0 Å². The molecule has 16 rings (SSSR count). The highest BCUT2D eigenvalue weighted by Gasteiger charge is 2.22. The van der Waals surface area contributed by atoms with Gasteiger partial charge in [0.15, 0.2) is 11.6 Å². The molecule has 0 unspecified atom stereocenters. The molecule has 16 aromatic rings. The van der Waals surface area contributed by atoms with Gasteiger partial charge in [0.25, 0.3) is 0 Å². The van der Waals surface area contributed by atoms with Gasteiger partial charge in [-0.25, -0.2) is 19.9 Å². The zero-order valence-electron chi connectivity index (χ0n) is 45.4. The van der Waals surface area contributed by atoms with E-state index in [2.05, 4.69) is 255 Å². The standard InChI is InChI=1S/C78H48N6/c1-3-19-51(20-4-1)73-59-25-9-13-29-63(59)75(64-30-14-10-26-60(64)73)71-45-69(57-43-55-23-7-17-33-67(55)79-47-57)81-77(83-71)53-39-35-49(36-40-53)50-37-41-54(42-38-50)78-82-70(58-44-56-24-8-18-34-68(56)80-48-58)46-72(84-78)76-65-31-15-11-27-61(65)74(52-21-5-2-6-22-52)62-28-12-16-32-66(62)76/h1-48H. The summed E-state index contributed by atoms with van der Waals surface area (Å²) < 4.78 is 0. The third-order valence-corrected chi connectivity index (χ3v) is 16.3. The van der Waals surface area contributed by atoms with Crippen LogP contribution in [-0.4, -0.2) is 29.9 Å². The summed E-state index contributed by atoms with van der Waals surface area (Å²) in [6.45, 7) is 0. The van der Waals surface area contributed by atoms with Crippen molar-refractivity contribution in [1.82, 2.24) is 29.9 Å². The molecule has 0 aliphatic rings. The van der Waals surface area contributed by atoms with Crippen molar-refractivity contribution >= 4 is 64.9 Å². The van der Waals surface area contributed by atoms with Gasteiger partial charge in [-0.05, 0) is 113 Å². The van der Waals surface area contributed by atoms with Crippen molar-refractivity contribution in [2.24, 2.45) is 0 Å². The Hall–Kier alpha value is -11.3. The number of nitrogens with zero attached hydrogens (tertiary/aromatic N) is 6. The van der Waals surface area contributed by atoms with E-state index in [1.165, 1.54) is 43.8 Å². The van der Waals surface area contributed by atoms with Crippen LogP contribution in [0.1, 0.15) is 0 Å². The molecule has 0 aliphatic heterocycles. The molecule has 4 aromatic heterocycles. The topological polar surface area (TPSA) is 77.3 Å². The van der Waals surface area contributed by atoms with Crippen LogP contribution in [0, 0.1) is 0 Å². The molecule has 0 saturated carbocycles. The zero-order valence-corrected chi connectivity index (χ0v) is 45.4. The van der Waals surface area contributed by atoms with Crippen molar-refractivity contribution < 1.29 is 0 Å². The molecule has 0 spiro atoms. The van der Waals surface area contributed by atoms with E-state index in [1.807, 2.05) is 36.7 Å². The van der Waals surface area contributed by atoms with Gasteiger partial charge in [0.1, 0.15) is 0 Å². The molecular formula is C78H48N6. The lowest BCUT2D eigenvalue weighted by Crippen LogP contribution is -1.98. The zero-order chi connectivity index (χ0) is 55.5. The fraction of sp³-hybridized carbons (Fsp3) is 0. The molecule has 0 bridgehead atoms. The maximum Gasteiger partial charge on any atom is 0.160 e. The van der Waals surface area contributed by atoms with Crippen LogP contribution in [0.5, 0.6) is 0 Å². The first kappa shape index (κ1) is 48.6. The summed E-state index contributed by atoms with van der Waals surface area (Å²) in [7, 11) is 0. The highest BCUT2D eigenvalue weighted by Crippen LogP contribution is 2.46. The van der Waals surface area contributed by atoms with Crippen LogP contribution in [-0.2, 0) is 0 Å². The fourth-order valence-corrected chi connectivity index (χ4v) is 12.4. The van der Waals surface area contributed by atoms with Crippen LogP contribution in [0.4, 0.5) is 0 Å². The van der Waals surface area contributed by atoms with Crippen LogP contribution >= 0.6 is 0 Å². The smallest absolute Gasteiger partial charge is 0.160 e. The summed E-state index contributed by atoms with van der Waals surface area (Å²) >= 11 is 0. The summed E-state index contributed by atoms with van der Waals surface area (Å²) in [4.78, 5) is 31.4. The highest BCUT2D eigenvalue weighted by molar-refractivity contribution is 6.22. The van der Waals surface area contributed by atoms with Crippen LogP contribution in [0.3, 0.4) is 0 Å². The van der Waals surface area contributed by atoms with E-state index in [0.717, 1.165) is 111 Å². The summed E-state index contributed by atoms with van der Waals surface area (Å²) in [6, 6.07) is 98.4. The quantitative estimate of drug-likeness (QED) is 0.134. The molecule has 0 N–H and O–H groups in total. The molecule has 0 fully saturated rings. The average Bonchev–Trinajstić information content (AvgIpc) is 2.52. The first-order valence-electron chi connectivity index (χ1n) is 28.3. The molecule has 0 radical (unpaired) electrons. The Kier molecular flexibility index (Phi) is 11.8. The molecule has 0 saturated heterocycles. The maximum absolute atomic E-state index is 5.49. The summed E-state index contributed by atoms with van der Waals surface area (Å²) in [5.74, 6) is 1.25. The van der Waals surface area contributed by atoms with Gasteiger partial charge in [-0.15, -0.1) is 0 Å². The molecule has 12 aromatic carbocycles. The SMILES string of the molecule is c1ccc(-c2c3ccccc3c(-c3cc(-c4cnc5ccccc5c4)nc(-c4ccc(-c5ccc(-c6nc(-c7cnc8ccccc8c7)cc(-c7c8ccccc8c(-c8ccccc8)c8ccccc78)n6)cc5)cc4)n3)c3ccccc23)cc1. The first-order valence-corrected chi connectivity index (χ1v) is 28.3. The Labute approximate surface area is 484 Å². The number of benzene rings is 12. The third kappa shape index (κ3) is 8.52. The number of hydrogen-bond donors (Lipinski definition) is 0. The number of para-hydroxylation sites is 2. The van der Waals surface area contributed by atoms with Gasteiger partial charge in [0, 0.05) is 56.5 Å². The second-order valence-corrected chi connectivity index (χ2v) is 21.3. The van der Waals surface area contributed by atoms with Crippen molar-refractivity contribution in [3.63, 3.8) is 0 Å². The van der Waals surface area contributed by atoms with Crippen molar-refractivity contribution in [2.45, 2.75) is 0 Å². The van der Waals surface area contributed by atoms with E-state index in [4.69, 9.17) is 29.9 Å². The van der Waals surface area contributed by atoms with Crippen molar-refractivity contribution in [2.75, 3.05) is 0 Å². The van der Waals surface area contributed by atoms with Gasteiger partial charge in [-0.3, -0.25) is 9.97 Å². The van der Waals surface area contributed by atoms with Gasteiger partial charge in [0.05, 0.1) is 33.8 Å². The van der Waals surface area contributed by atoms with Crippen molar-refractivity contribution in [1.29, 1.82) is 0 Å². The monoisotopic (exact) mass is 1070 g/mol. The summed E-state index contributed by atoms with van der Waals surface area (Å²) in [5, 5.41) is 11.3. The highest BCUT2D eigenvalue weighted by atomic mass is 14.9. The Morgan fingerprint density at radius 1 is 0.190 bits per heavy atom. The van der Waals surface area contributed by atoms with E-state index in [9.17, 15) is 0 Å². The van der Waals surface area contributed by atoms with Crippen molar-refractivity contribution in [3.8, 4) is 101 Å². The van der Waals surface area contributed by atoms with Crippen molar-refractivity contribution in [3.05, 3.63) is 291 Å². The lowest BCUT2D eigenvalue weighted by atomic mass is 9.87. The van der Waals surface area contributed by atoms with Crippen LogP contribution in [0.2, 0.25) is 0 Å². The second-order valence-electron chi connectivity index (χ2n) is 21.3. The predicted molar refractivity (Wildman–Crippen MR) is 347 cm³/mol. The Balaban J connectivity index is 0.809. The van der Waals surface area contributed by atoms with Crippen LogP contribution in [0.25, 0.3) is 166 Å². The van der Waals surface area contributed by atoms with E-state index in [-0.39, 0.29) is 0 Å². The first-order chi connectivity index (χ1) is 41.6. The predicted octanol–water partition coefficient (Wildman–Crippen LogP) is 20.0. The summed E-state index contributed by atoms with van der Waals surface area (Å²) in [6.07, 6.45) is 3.85. The van der Waals surface area contributed by atoms with E-state index in [0.29, 0.717) is 11.6 Å².